The van der Waals surface area contributed by atoms with Gasteiger partial charge in [0.05, 0.1) is 39.5 Å². The van der Waals surface area contributed by atoms with Crippen LogP contribution in [0.2, 0.25) is 0 Å². The molecule has 5 nitrogen and oxygen atoms in total. The number of nitrogens with zero attached hydrogens (tertiary/aromatic N) is 3. The van der Waals surface area contributed by atoms with Gasteiger partial charge in [-0.25, -0.2) is 0 Å². The molecule has 120 valence electrons. The maximum Gasteiger partial charge on any atom is 0.191 e. The van der Waals surface area contributed by atoms with Gasteiger partial charge in [-0.1, -0.05) is 35.5 Å². The Kier molecular flexibility index (Phi) is 6.42. The summed E-state index contributed by atoms with van der Waals surface area (Å²) in [6, 6.07) is 8.38. The van der Waals surface area contributed by atoms with E-state index in [1.165, 1.54) is 10.5 Å². The Morgan fingerprint density at radius 2 is 2.09 bits per heavy atom. The van der Waals surface area contributed by atoms with Crippen LogP contribution in [0.3, 0.4) is 0 Å². The van der Waals surface area contributed by atoms with Crippen LogP contribution in [0.25, 0.3) is 11.4 Å². The fourth-order valence-electron chi connectivity index (χ4n) is 2.12. The maximum absolute atomic E-state index is 5.24. The summed E-state index contributed by atoms with van der Waals surface area (Å²) in [6.07, 6.45) is 0. The average Bonchev–Trinajstić information content (AvgIpc) is 2.87. The standard InChI is InChI=1S/C16H24N4OS/c1-13-6-5-7-14(12-13)15-17-18-16(20(15)8-10-21-4)22-11-9-19(2)3/h5-7,12H,8-11H2,1-4H3/p+1. The molecule has 6 heteroatoms. The number of benzene rings is 1. The second-order valence-corrected chi connectivity index (χ2v) is 6.69. The summed E-state index contributed by atoms with van der Waals surface area (Å²) in [6.45, 7) is 4.61. The third-order valence-corrected chi connectivity index (χ3v) is 4.31. The minimum Gasteiger partial charge on any atom is -0.383 e. The van der Waals surface area contributed by atoms with E-state index in [0.29, 0.717) is 6.61 Å². The summed E-state index contributed by atoms with van der Waals surface area (Å²) in [5.41, 5.74) is 2.33. The molecule has 0 spiro atoms. The van der Waals surface area contributed by atoms with Gasteiger partial charge in [0.25, 0.3) is 0 Å². The fraction of sp³-hybridized carbons (Fsp3) is 0.500. The number of hydrogen-bond donors (Lipinski definition) is 1. The highest BCUT2D eigenvalue weighted by Gasteiger charge is 2.14. The monoisotopic (exact) mass is 321 g/mol. The van der Waals surface area contributed by atoms with E-state index in [4.69, 9.17) is 4.74 Å². The van der Waals surface area contributed by atoms with E-state index in [9.17, 15) is 0 Å². The number of aryl methyl sites for hydroxylation is 1. The van der Waals surface area contributed by atoms with Crippen LogP contribution in [-0.2, 0) is 11.3 Å². The lowest BCUT2D eigenvalue weighted by atomic mass is 10.1. The zero-order valence-corrected chi connectivity index (χ0v) is 14.6. The van der Waals surface area contributed by atoms with Crippen molar-refractivity contribution < 1.29 is 9.64 Å². The molecule has 2 aromatic rings. The lowest BCUT2D eigenvalue weighted by molar-refractivity contribution is -0.855. The Balaban J connectivity index is 2.23. The van der Waals surface area contributed by atoms with Gasteiger partial charge in [-0.15, -0.1) is 10.2 Å². The second-order valence-electron chi connectivity index (χ2n) is 5.63. The highest BCUT2D eigenvalue weighted by atomic mass is 32.2. The molecule has 2 rings (SSSR count). The molecule has 1 heterocycles. The number of quaternary nitrogens is 1. The molecule has 22 heavy (non-hydrogen) atoms. The molecule has 0 atom stereocenters. The van der Waals surface area contributed by atoms with Gasteiger partial charge in [0, 0.05) is 12.7 Å². The lowest BCUT2D eigenvalue weighted by Crippen LogP contribution is -3.06. The molecule has 0 aliphatic carbocycles. The summed E-state index contributed by atoms with van der Waals surface area (Å²) >= 11 is 1.76. The summed E-state index contributed by atoms with van der Waals surface area (Å²) in [5, 5.41) is 9.76. The number of rotatable bonds is 8. The largest absolute Gasteiger partial charge is 0.383 e. The molecule has 1 aromatic carbocycles. The Morgan fingerprint density at radius 3 is 2.77 bits per heavy atom. The minimum atomic E-state index is 0.656. The zero-order valence-electron chi connectivity index (χ0n) is 13.8. The maximum atomic E-state index is 5.24. The number of aromatic nitrogens is 3. The molecular formula is C16H25N4OS+. The lowest BCUT2D eigenvalue weighted by Gasteiger charge is -2.10. The molecule has 0 unspecified atom stereocenters. The predicted octanol–water partition coefficient (Wildman–Crippen LogP) is 1.14. The summed E-state index contributed by atoms with van der Waals surface area (Å²) in [4.78, 5) is 1.44. The van der Waals surface area contributed by atoms with Crippen LogP contribution in [0.5, 0.6) is 0 Å². The molecule has 0 radical (unpaired) electrons. The molecule has 1 aromatic heterocycles. The molecule has 0 bridgehead atoms. The average molecular weight is 321 g/mol. The van der Waals surface area contributed by atoms with Crippen molar-refractivity contribution in [2.24, 2.45) is 0 Å². The SMILES string of the molecule is COCCn1c(SCC[NH+](C)C)nnc1-c1cccc(C)c1. The Labute approximate surface area is 136 Å². The van der Waals surface area contributed by atoms with Crippen molar-refractivity contribution in [3.8, 4) is 11.4 Å². The van der Waals surface area contributed by atoms with Crippen molar-refractivity contribution in [3.05, 3.63) is 29.8 Å². The van der Waals surface area contributed by atoms with E-state index >= 15 is 0 Å². The first-order chi connectivity index (χ1) is 10.6. The van der Waals surface area contributed by atoms with E-state index in [1.807, 2.05) is 0 Å². The Hall–Kier alpha value is -1.37. The van der Waals surface area contributed by atoms with Gasteiger partial charge in [0.2, 0.25) is 0 Å². The van der Waals surface area contributed by atoms with Crippen molar-refractivity contribution in [1.29, 1.82) is 0 Å². The molecule has 0 saturated carbocycles. The van der Waals surface area contributed by atoms with Crippen LogP contribution in [0, 0.1) is 6.92 Å². The normalized spacial score (nSPS) is 11.3. The number of nitrogens with one attached hydrogen (secondary N) is 1. The first-order valence-electron chi connectivity index (χ1n) is 7.53. The predicted molar refractivity (Wildman–Crippen MR) is 90.5 cm³/mol. The van der Waals surface area contributed by atoms with Gasteiger partial charge in [-0.3, -0.25) is 4.57 Å². The van der Waals surface area contributed by atoms with Gasteiger partial charge in [-0.05, 0) is 13.0 Å². The van der Waals surface area contributed by atoms with Crippen molar-refractivity contribution in [1.82, 2.24) is 14.8 Å². The number of methoxy groups -OCH3 is 1. The summed E-state index contributed by atoms with van der Waals surface area (Å²) < 4.78 is 7.40. The van der Waals surface area contributed by atoms with Crippen molar-refractivity contribution in [2.75, 3.05) is 40.1 Å². The van der Waals surface area contributed by atoms with Crippen LogP contribution < -0.4 is 4.90 Å². The quantitative estimate of drug-likeness (QED) is 0.741. The third kappa shape index (κ3) is 4.56. The van der Waals surface area contributed by atoms with Gasteiger partial charge in [0.1, 0.15) is 0 Å². The van der Waals surface area contributed by atoms with E-state index in [2.05, 4.69) is 60.0 Å². The molecule has 0 amide bonds. The second kappa shape index (κ2) is 8.31. The molecule has 0 saturated heterocycles. The minimum absolute atomic E-state index is 0.656. The van der Waals surface area contributed by atoms with E-state index in [1.54, 1.807) is 18.9 Å². The Bertz CT molecular complexity index is 598. The summed E-state index contributed by atoms with van der Waals surface area (Å²) in [7, 11) is 6.04. The van der Waals surface area contributed by atoms with Gasteiger partial charge in [-0.2, -0.15) is 0 Å². The van der Waals surface area contributed by atoms with E-state index in [0.717, 1.165) is 35.4 Å². The molecule has 0 aliphatic rings. The van der Waals surface area contributed by atoms with Crippen molar-refractivity contribution >= 4 is 11.8 Å². The zero-order chi connectivity index (χ0) is 15.9. The first-order valence-corrected chi connectivity index (χ1v) is 8.51. The fourth-order valence-corrected chi connectivity index (χ4v) is 3.25. The van der Waals surface area contributed by atoms with Gasteiger partial charge >= 0.3 is 0 Å². The van der Waals surface area contributed by atoms with Crippen LogP contribution in [0.4, 0.5) is 0 Å². The third-order valence-electron chi connectivity index (χ3n) is 3.35. The molecule has 0 aliphatic heterocycles. The number of ether oxygens (including phenoxy) is 1. The molecule has 1 N–H and O–H groups in total. The number of thioether (sulfide) groups is 1. The molecular weight excluding hydrogens is 296 g/mol. The number of hydrogen-bond acceptors (Lipinski definition) is 4. The molecule has 0 fully saturated rings. The Morgan fingerprint density at radius 1 is 1.27 bits per heavy atom. The van der Waals surface area contributed by atoms with Crippen molar-refractivity contribution in [2.45, 2.75) is 18.6 Å². The van der Waals surface area contributed by atoms with Crippen LogP contribution in [0.1, 0.15) is 5.56 Å². The van der Waals surface area contributed by atoms with Crippen LogP contribution in [-0.4, -0.2) is 54.9 Å². The summed E-state index contributed by atoms with van der Waals surface area (Å²) in [5.74, 6) is 1.95. The van der Waals surface area contributed by atoms with Crippen LogP contribution >= 0.6 is 11.8 Å². The first kappa shape index (κ1) is 17.0. The van der Waals surface area contributed by atoms with E-state index in [-0.39, 0.29) is 0 Å². The van der Waals surface area contributed by atoms with Gasteiger partial charge in [0.15, 0.2) is 11.0 Å². The van der Waals surface area contributed by atoms with Crippen molar-refractivity contribution in [3.63, 3.8) is 0 Å². The highest BCUT2D eigenvalue weighted by Crippen LogP contribution is 2.24. The smallest absolute Gasteiger partial charge is 0.191 e. The highest BCUT2D eigenvalue weighted by molar-refractivity contribution is 7.99. The van der Waals surface area contributed by atoms with E-state index < -0.39 is 0 Å². The van der Waals surface area contributed by atoms with Gasteiger partial charge < -0.3 is 9.64 Å². The topological polar surface area (TPSA) is 44.4 Å². The van der Waals surface area contributed by atoms with Crippen LogP contribution in [0.15, 0.2) is 29.4 Å².